The molecule has 1 aliphatic carbocycles. The largest absolute Gasteiger partial charge is 0.481 e. The Bertz CT molecular complexity index is 754. The van der Waals surface area contributed by atoms with E-state index in [9.17, 15) is 19.5 Å². The summed E-state index contributed by atoms with van der Waals surface area (Å²) in [6.07, 6.45) is 8.14. The van der Waals surface area contributed by atoms with Crippen LogP contribution in [0.5, 0.6) is 0 Å². The molecule has 0 spiro atoms. The first-order chi connectivity index (χ1) is 15.6. The van der Waals surface area contributed by atoms with Gasteiger partial charge in [0.25, 0.3) is 0 Å². The number of primary amides is 1. The van der Waals surface area contributed by atoms with E-state index in [2.05, 4.69) is 4.98 Å². The van der Waals surface area contributed by atoms with Crippen molar-refractivity contribution in [2.75, 3.05) is 19.7 Å². The number of carboxylic acid groups (broad SMARTS) is 1. The van der Waals surface area contributed by atoms with Crippen LogP contribution in [0.15, 0.2) is 11.6 Å². The molecule has 1 aromatic rings. The number of aromatic nitrogens is 1. The van der Waals surface area contributed by atoms with Gasteiger partial charge in [-0.05, 0) is 32.6 Å². The molecule has 3 N–H and O–H groups in total. The van der Waals surface area contributed by atoms with Gasteiger partial charge in [0.2, 0.25) is 11.8 Å². The zero-order chi connectivity index (χ0) is 24.4. The van der Waals surface area contributed by atoms with Gasteiger partial charge in [-0.25, -0.2) is 4.98 Å². The predicted molar refractivity (Wildman–Crippen MR) is 128 cm³/mol. The molecular weight excluding hydrogens is 442 g/mol. The number of likely N-dealkylation sites (tertiary alicyclic amines) is 1. The highest BCUT2D eigenvalue weighted by Crippen LogP contribution is 2.37. The van der Waals surface area contributed by atoms with Gasteiger partial charge in [0, 0.05) is 36.5 Å². The van der Waals surface area contributed by atoms with Gasteiger partial charge in [-0.3, -0.25) is 14.4 Å². The standard InChI is InChI=1S/C20H30N2O4S.C4H9NO/c1-15(26-14-20(19(24)25)7-3-2-4-8-20)13-17(23)22-10-5-16(6-11-22)18-21-9-12-27-18;1-3(2)4(5)6/h9,12,15-16H,2-8,10-11,13-14H2,1H3,(H,24,25);3H,1-2H3,(H2,5,6). The topological polar surface area (TPSA) is 123 Å². The van der Waals surface area contributed by atoms with Crippen molar-refractivity contribution in [1.29, 1.82) is 0 Å². The minimum Gasteiger partial charge on any atom is -0.481 e. The van der Waals surface area contributed by atoms with Crippen molar-refractivity contribution in [3.63, 3.8) is 0 Å². The molecule has 1 atom stereocenters. The van der Waals surface area contributed by atoms with E-state index in [1.165, 1.54) is 5.01 Å². The fourth-order valence-corrected chi connectivity index (χ4v) is 5.01. The first-order valence-electron chi connectivity index (χ1n) is 12.0. The number of nitrogens with two attached hydrogens (primary N) is 1. The molecule has 1 saturated heterocycles. The minimum atomic E-state index is -0.762. The van der Waals surface area contributed by atoms with Crippen LogP contribution >= 0.6 is 11.3 Å². The molecule has 186 valence electrons. The maximum absolute atomic E-state index is 12.6. The number of nitrogens with zero attached hydrogens (tertiary/aromatic N) is 2. The second kappa shape index (κ2) is 13.0. The van der Waals surface area contributed by atoms with E-state index in [4.69, 9.17) is 10.5 Å². The number of hydrogen-bond donors (Lipinski definition) is 2. The van der Waals surface area contributed by atoms with Crippen molar-refractivity contribution in [1.82, 2.24) is 9.88 Å². The van der Waals surface area contributed by atoms with Crippen LogP contribution in [-0.4, -0.2) is 58.6 Å². The number of piperidine rings is 1. The number of ether oxygens (including phenoxy) is 1. The lowest BCUT2D eigenvalue weighted by Crippen LogP contribution is -2.41. The molecule has 1 saturated carbocycles. The van der Waals surface area contributed by atoms with Crippen molar-refractivity contribution in [2.24, 2.45) is 17.1 Å². The molecule has 2 aliphatic rings. The number of amides is 2. The van der Waals surface area contributed by atoms with E-state index in [0.717, 1.165) is 45.2 Å². The Kier molecular flexibility index (Phi) is 10.8. The third kappa shape index (κ3) is 8.37. The molecule has 1 aromatic heterocycles. The summed E-state index contributed by atoms with van der Waals surface area (Å²) >= 11 is 1.69. The van der Waals surface area contributed by atoms with Gasteiger partial charge in [-0.15, -0.1) is 11.3 Å². The molecule has 0 radical (unpaired) electrons. The molecular formula is C24H39N3O5S. The smallest absolute Gasteiger partial charge is 0.311 e. The molecule has 2 fully saturated rings. The summed E-state index contributed by atoms with van der Waals surface area (Å²) in [7, 11) is 0. The summed E-state index contributed by atoms with van der Waals surface area (Å²) in [6, 6.07) is 0. The van der Waals surface area contributed by atoms with Crippen molar-refractivity contribution in [3.05, 3.63) is 16.6 Å². The van der Waals surface area contributed by atoms with Crippen molar-refractivity contribution < 1.29 is 24.2 Å². The Morgan fingerprint density at radius 2 is 1.82 bits per heavy atom. The monoisotopic (exact) mass is 481 g/mol. The lowest BCUT2D eigenvalue weighted by molar-refractivity contribution is -0.157. The Hall–Kier alpha value is -2.00. The molecule has 2 amide bonds. The van der Waals surface area contributed by atoms with Crippen LogP contribution in [-0.2, 0) is 19.1 Å². The minimum absolute atomic E-state index is 0.00926. The highest BCUT2D eigenvalue weighted by atomic mass is 32.1. The van der Waals surface area contributed by atoms with Gasteiger partial charge >= 0.3 is 5.97 Å². The zero-order valence-electron chi connectivity index (χ0n) is 20.1. The van der Waals surface area contributed by atoms with Gasteiger partial charge in [-0.1, -0.05) is 33.1 Å². The van der Waals surface area contributed by atoms with Gasteiger partial charge in [0.05, 0.1) is 29.6 Å². The molecule has 2 heterocycles. The SMILES string of the molecule is CC(C)C(N)=O.CC(CC(=O)N1CCC(c2nccs2)CC1)OCC1(C(=O)O)CCCCC1. The Morgan fingerprint density at radius 3 is 2.30 bits per heavy atom. The molecule has 9 heteroatoms. The highest BCUT2D eigenvalue weighted by Gasteiger charge is 2.40. The average Bonchev–Trinajstić information content (AvgIpc) is 3.34. The first-order valence-corrected chi connectivity index (χ1v) is 12.8. The van der Waals surface area contributed by atoms with E-state index in [-0.39, 0.29) is 30.4 Å². The van der Waals surface area contributed by atoms with Crippen molar-refractivity contribution >= 4 is 29.1 Å². The normalized spacial score (nSPS) is 19.5. The molecule has 33 heavy (non-hydrogen) atoms. The van der Waals surface area contributed by atoms with Gasteiger partial charge in [-0.2, -0.15) is 0 Å². The summed E-state index contributed by atoms with van der Waals surface area (Å²) in [4.78, 5) is 40.5. The molecule has 1 unspecified atom stereocenters. The van der Waals surface area contributed by atoms with E-state index >= 15 is 0 Å². The molecule has 0 aromatic carbocycles. The van der Waals surface area contributed by atoms with Crippen LogP contribution in [0.4, 0.5) is 0 Å². The molecule has 0 bridgehead atoms. The zero-order valence-corrected chi connectivity index (χ0v) is 20.9. The summed E-state index contributed by atoms with van der Waals surface area (Å²) < 4.78 is 5.85. The summed E-state index contributed by atoms with van der Waals surface area (Å²) in [5.41, 5.74) is 4.03. The second-order valence-electron chi connectivity index (χ2n) is 9.55. The number of carboxylic acids is 1. The van der Waals surface area contributed by atoms with E-state index in [1.54, 1.807) is 25.2 Å². The van der Waals surface area contributed by atoms with Crippen molar-refractivity contribution in [3.8, 4) is 0 Å². The van der Waals surface area contributed by atoms with Gasteiger partial charge < -0.3 is 20.5 Å². The third-order valence-corrected chi connectivity index (χ3v) is 7.53. The van der Waals surface area contributed by atoms with Crippen LogP contribution in [0.1, 0.15) is 83.1 Å². The van der Waals surface area contributed by atoms with E-state index in [1.807, 2.05) is 23.4 Å². The lowest BCUT2D eigenvalue weighted by Gasteiger charge is -2.34. The van der Waals surface area contributed by atoms with Crippen LogP contribution in [0.25, 0.3) is 0 Å². The van der Waals surface area contributed by atoms with E-state index in [0.29, 0.717) is 25.2 Å². The highest BCUT2D eigenvalue weighted by molar-refractivity contribution is 7.09. The van der Waals surface area contributed by atoms with Gasteiger partial charge in [0.15, 0.2) is 0 Å². The van der Waals surface area contributed by atoms with Crippen LogP contribution in [0, 0.1) is 11.3 Å². The van der Waals surface area contributed by atoms with E-state index < -0.39 is 11.4 Å². The van der Waals surface area contributed by atoms with Crippen LogP contribution in [0.2, 0.25) is 0 Å². The number of carbonyl (C=O) groups excluding carboxylic acids is 2. The molecule has 1 aliphatic heterocycles. The average molecular weight is 482 g/mol. The maximum Gasteiger partial charge on any atom is 0.311 e. The van der Waals surface area contributed by atoms with Crippen molar-refractivity contribution in [2.45, 2.75) is 84.2 Å². The first kappa shape index (κ1) is 27.2. The second-order valence-corrected chi connectivity index (χ2v) is 10.5. The summed E-state index contributed by atoms with van der Waals surface area (Å²) in [6.45, 7) is 7.13. The Balaban J connectivity index is 0.000000569. The molecule has 8 nitrogen and oxygen atoms in total. The predicted octanol–water partition coefficient (Wildman–Crippen LogP) is 3.81. The maximum atomic E-state index is 12.6. The number of aliphatic carboxylic acids is 1. The van der Waals surface area contributed by atoms with Crippen LogP contribution in [0.3, 0.4) is 0 Å². The fraction of sp³-hybridized carbons (Fsp3) is 0.750. The van der Waals surface area contributed by atoms with Gasteiger partial charge in [0.1, 0.15) is 0 Å². The Labute approximate surface area is 200 Å². The van der Waals surface area contributed by atoms with Crippen LogP contribution < -0.4 is 5.73 Å². The number of carbonyl (C=O) groups is 3. The molecule has 3 rings (SSSR count). The quantitative estimate of drug-likeness (QED) is 0.582. The summed E-state index contributed by atoms with van der Waals surface area (Å²) in [5, 5.41) is 12.8. The number of rotatable bonds is 8. The third-order valence-electron chi connectivity index (χ3n) is 6.59. The fourth-order valence-electron chi connectivity index (χ4n) is 4.20. The number of thiazole rings is 1. The Morgan fingerprint density at radius 1 is 1.21 bits per heavy atom. The number of hydrogen-bond acceptors (Lipinski definition) is 6. The summed E-state index contributed by atoms with van der Waals surface area (Å²) in [5.74, 6) is -0.442. The lowest BCUT2D eigenvalue weighted by atomic mass is 9.75.